The maximum Gasteiger partial charge on any atom is 0.356 e. The number of benzene rings is 1. The molecule has 0 spiro atoms. The molecule has 1 fully saturated rings. The Morgan fingerprint density at radius 2 is 1.90 bits per heavy atom. The van der Waals surface area contributed by atoms with Gasteiger partial charge < -0.3 is 14.7 Å². The number of carboxylic acids is 1. The Labute approximate surface area is 174 Å². The van der Waals surface area contributed by atoms with Crippen LogP contribution in [0.3, 0.4) is 0 Å². The fourth-order valence-electron chi connectivity index (χ4n) is 4.14. The number of aromatic nitrogens is 2. The predicted octanol–water partition coefficient (Wildman–Crippen LogP) is 3.18. The Morgan fingerprint density at radius 1 is 1.17 bits per heavy atom. The van der Waals surface area contributed by atoms with Crippen molar-refractivity contribution < 1.29 is 19.4 Å². The second-order valence-electron chi connectivity index (χ2n) is 7.57. The number of piperidine rings is 1. The number of carbonyl (C=O) groups excluding carboxylic acids is 1. The zero-order chi connectivity index (χ0) is 20.4. The summed E-state index contributed by atoms with van der Waals surface area (Å²) in [6.45, 7) is 1.29. The number of aromatic carboxylic acids is 1. The lowest BCUT2D eigenvalue weighted by Gasteiger charge is -2.32. The average Bonchev–Trinajstić information content (AvgIpc) is 3.09. The Hall–Kier alpha value is -2.54. The van der Waals surface area contributed by atoms with E-state index in [9.17, 15) is 14.7 Å². The third kappa shape index (κ3) is 4.24. The maximum absolute atomic E-state index is 12.8. The Morgan fingerprint density at radius 3 is 2.62 bits per heavy atom. The van der Waals surface area contributed by atoms with Gasteiger partial charge in [0.25, 0.3) is 0 Å². The maximum atomic E-state index is 12.8. The van der Waals surface area contributed by atoms with Gasteiger partial charge in [-0.05, 0) is 37.8 Å². The number of carbonyl (C=O) groups is 2. The quantitative estimate of drug-likeness (QED) is 0.807. The van der Waals surface area contributed by atoms with Crippen molar-refractivity contribution in [1.29, 1.82) is 0 Å². The van der Waals surface area contributed by atoms with Crippen LogP contribution in [-0.4, -0.2) is 50.9 Å². The molecule has 154 valence electrons. The number of amides is 1. The monoisotopic (exact) mass is 417 g/mol. The molecular formula is C21H24ClN3O4. The van der Waals surface area contributed by atoms with Crippen LogP contribution in [0.4, 0.5) is 0 Å². The number of para-hydroxylation sites is 1. The number of carboxylic acid groups (broad SMARTS) is 1. The molecule has 0 unspecified atom stereocenters. The number of nitrogens with zero attached hydrogens (tertiary/aromatic N) is 3. The molecule has 0 saturated carbocycles. The van der Waals surface area contributed by atoms with Gasteiger partial charge in [0.05, 0.1) is 5.02 Å². The van der Waals surface area contributed by atoms with Gasteiger partial charge in [0.1, 0.15) is 18.4 Å². The Kier molecular flexibility index (Phi) is 5.76. The third-order valence-corrected chi connectivity index (χ3v) is 5.98. The normalized spacial score (nSPS) is 17.1. The average molecular weight is 418 g/mol. The van der Waals surface area contributed by atoms with Gasteiger partial charge in [-0.2, -0.15) is 5.10 Å². The lowest BCUT2D eigenvalue weighted by molar-refractivity contribution is -0.133. The van der Waals surface area contributed by atoms with Crippen molar-refractivity contribution in [3.8, 4) is 5.75 Å². The van der Waals surface area contributed by atoms with E-state index in [0.29, 0.717) is 23.9 Å². The van der Waals surface area contributed by atoms with Crippen LogP contribution in [0, 0.1) is 0 Å². The predicted molar refractivity (Wildman–Crippen MR) is 108 cm³/mol. The van der Waals surface area contributed by atoms with E-state index in [4.69, 9.17) is 16.3 Å². The number of rotatable bonds is 5. The van der Waals surface area contributed by atoms with Crippen molar-refractivity contribution in [2.45, 2.75) is 51.2 Å². The molecule has 0 radical (unpaired) electrons. The fraction of sp³-hybridized carbons (Fsp3) is 0.476. The van der Waals surface area contributed by atoms with Gasteiger partial charge in [-0.1, -0.05) is 23.7 Å². The summed E-state index contributed by atoms with van der Waals surface area (Å²) in [6.07, 6.45) is 4.94. The Bertz CT molecular complexity index is 919. The standard InChI is InChI=1S/C21H24ClN3O4/c22-16-6-2-4-8-18(16)29-14-9-11-24(12-10-14)19(26)13-25-17-7-3-1-5-15(17)20(23-25)21(27)28/h2,4,6,8,14H,1,3,5,7,9-13H2,(H,27,28). The molecule has 8 heteroatoms. The second-order valence-corrected chi connectivity index (χ2v) is 7.98. The minimum Gasteiger partial charge on any atom is -0.489 e. The highest BCUT2D eigenvalue weighted by Crippen LogP contribution is 2.27. The molecule has 0 atom stereocenters. The molecule has 29 heavy (non-hydrogen) atoms. The van der Waals surface area contributed by atoms with Crippen LogP contribution in [0.15, 0.2) is 24.3 Å². The molecule has 1 aliphatic carbocycles. The molecule has 1 N–H and O–H groups in total. The minimum absolute atomic E-state index is 0.0232. The summed E-state index contributed by atoms with van der Waals surface area (Å²) >= 11 is 6.15. The largest absolute Gasteiger partial charge is 0.489 e. The number of hydrogen-bond acceptors (Lipinski definition) is 4. The van der Waals surface area contributed by atoms with Crippen molar-refractivity contribution in [1.82, 2.24) is 14.7 Å². The van der Waals surface area contributed by atoms with Gasteiger partial charge in [0, 0.05) is 37.2 Å². The van der Waals surface area contributed by atoms with E-state index in [-0.39, 0.29) is 24.2 Å². The lowest BCUT2D eigenvalue weighted by Crippen LogP contribution is -2.43. The molecule has 1 aromatic carbocycles. The van der Waals surface area contributed by atoms with Crippen molar-refractivity contribution in [3.63, 3.8) is 0 Å². The molecule has 4 rings (SSSR count). The number of likely N-dealkylation sites (tertiary alicyclic amines) is 1. The summed E-state index contributed by atoms with van der Waals surface area (Å²) < 4.78 is 7.59. The fourth-order valence-corrected chi connectivity index (χ4v) is 4.32. The van der Waals surface area contributed by atoms with Crippen LogP contribution >= 0.6 is 11.6 Å². The van der Waals surface area contributed by atoms with Gasteiger partial charge in [-0.25, -0.2) is 4.79 Å². The molecule has 2 heterocycles. The van der Waals surface area contributed by atoms with Gasteiger partial charge in [0.2, 0.25) is 5.91 Å². The summed E-state index contributed by atoms with van der Waals surface area (Å²) in [5.41, 5.74) is 1.79. The lowest BCUT2D eigenvalue weighted by atomic mass is 9.95. The summed E-state index contributed by atoms with van der Waals surface area (Å²) in [4.78, 5) is 26.1. The molecule has 0 bridgehead atoms. The Balaban J connectivity index is 1.37. The molecule has 1 saturated heterocycles. The summed E-state index contributed by atoms with van der Waals surface area (Å²) in [5, 5.41) is 14.2. The van der Waals surface area contributed by atoms with Gasteiger partial charge >= 0.3 is 5.97 Å². The molecule has 7 nitrogen and oxygen atoms in total. The van der Waals surface area contributed by atoms with E-state index >= 15 is 0 Å². The number of ether oxygens (including phenoxy) is 1. The molecular weight excluding hydrogens is 394 g/mol. The van der Waals surface area contributed by atoms with Crippen molar-refractivity contribution in [2.24, 2.45) is 0 Å². The van der Waals surface area contributed by atoms with Crippen LogP contribution < -0.4 is 4.74 Å². The molecule has 2 aliphatic rings. The van der Waals surface area contributed by atoms with Crippen molar-refractivity contribution in [2.75, 3.05) is 13.1 Å². The first-order chi connectivity index (χ1) is 14.0. The third-order valence-electron chi connectivity index (χ3n) is 5.67. The van der Waals surface area contributed by atoms with Crippen LogP contribution in [0.1, 0.15) is 47.4 Å². The number of fused-ring (bicyclic) bond motifs is 1. The van der Waals surface area contributed by atoms with Crippen molar-refractivity contribution >= 4 is 23.5 Å². The topological polar surface area (TPSA) is 84.7 Å². The molecule has 1 aromatic heterocycles. The number of hydrogen-bond donors (Lipinski definition) is 1. The second kappa shape index (κ2) is 8.45. The zero-order valence-corrected chi connectivity index (χ0v) is 16.9. The van der Waals surface area contributed by atoms with Crippen LogP contribution in [-0.2, 0) is 24.2 Å². The summed E-state index contributed by atoms with van der Waals surface area (Å²) in [6, 6.07) is 7.39. The summed E-state index contributed by atoms with van der Waals surface area (Å²) in [7, 11) is 0. The van der Waals surface area contributed by atoms with E-state index in [0.717, 1.165) is 49.8 Å². The van der Waals surface area contributed by atoms with E-state index in [1.165, 1.54) is 0 Å². The molecule has 1 amide bonds. The highest BCUT2D eigenvalue weighted by Gasteiger charge is 2.28. The van der Waals surface area contributed by atoms with E-state index in [1.807, 2.05) is 23.1 Å². The first kappa shape index (κ1) is 19.8. The van der Waals surface area contributed by atoms with Gasteiger partial charge in [-0.15, -0.1) is 0 Å². The van der Waals surface area contributed by atoms with Crippen LogP contribution in [0.25, 0.3) is 0 Å². The number of halogens is 1. The summed E-state index contributed by atoms with van der Waals surface area (Å²) in [5.74, 6) is -0.385. The van der Waals surface area contributed by atoms with Crippen LogP contribution in [0.2, 0.25) is 5.02 Å². The van der Waals surface area contributed by atoms with Gasteiger partial charge in [0.15, 0.2) is 5.69 Å². The van der Waals surface area contributed by atoms with E-state index in [2.05, 4.69) is 5.10 Å². The highest BCUT2D eigenvalue weighted by molar-refractivity contribution is 6.32. The SMILES string of the molecule is O=C(O)c1nn(CC(=O)N2CCC(Oc3ccccc3Cl)CC2)c2c1CCCC2. The first-order valence-corrected chi connectivity index (χ1v) is 10.4. The van der Waals surface area contributed by atoms with Gasteiger partial charge in [-0.3, -0.25) is 9.48 Å². The first-order valence-electron chi connectivity index (χ1n) is 10.0. The van der Waals surface area contributed by atoms with Crippen LogP contribution in [0.5, 0.6) is 5.75 Å². The smallest absolute Gasteiger partial charge is 0.356 e. The highest BCUT2D eigenvalue weighted by atomic mass is 35.5. The minimum atomic E-state index is -1.02. The van der Waals surface area contributed by atoms with E-state index in [1.54, 1.807) is 10.7 Å². The molecule has 2 aromatic rings. The van der Waals surface area contributed by atoms with E-state index < -0.39 is 5.97 Å². The molecule has 1 aliphatic heterocycles. The zero-order valence-electron chi connectivity index (χ0n) is 16.1. The van der Waals surface area contributed by atoms with Crippen molar-refractivity contribution in [3.05, 3.63) is 46.2 Å².